The quantitative estimate of drug-likeness (QED) is 0.830. The smallest absolute Gasteiger partial charge is 0.287 e. The van der Waals surface area contributed by atoms with Crippen LogP contribution in [0.4, 0.5) is 5.69 Å². The van der Waals surface area contributed by atoms with Crippen LogP contribution in [0.25, 0.3) is 0 Å². The van der Waals surface area contributed by atoms with Gasteiger partial charge in [-0.1, -0.05) is 18.0 Å². The Balaban J connectivity index is 2.04. The fourth-order valence-corrected chi connectivity index (χ4v) is 3.45. The first-order chi connectivity index (χ1) is 9.97. The molecule has 1 N–H and O–H groups in total. The topological polar surface area (TPSA) is 50.2 Å². The molecule has 7 heteroatoms. The van der Waals surface area contributed by atoms with Gasteiger partial charge in [-0.25, -0.2) is 4.68 Å². The molecule has 0 aromatic carbocycles. The monoisotopic (exact) mass is 330 g/mol. The summed E-state index contributed by atoms with van der Waals surface area (Å²) in [5.74, 6) is 0. The predicted octanol–water partition coefficient (Wildman–Crippen LogP) is 2.16. The van der Waals surface area contributed by atoms with Crippen LogP contribution in [0.5, 0.6) is 0 Å². The number of aromatic nitrogens is 2. The highest BCUT2D eigenvalue weighted by Gasteiger charge is 2.36. The third-order valence-electron chi connectivity index (χ3n) is 4.04. The zero-order chi connectivity index (χ0) is 15.5. The summed E-state index contributed by atoms with van der Waals surface area (Å²) in [6.07, 6.45) is 7.50. The average molecular weight is 331 g/mol. The SMILES string of the molecule is CSC1(CNc2cnn(CCN(C)C)c(=O)c2Cl)CCC1. The van der Waals surface area contributed by atoms with E-state index in [-0.39, 0.29) is 10.6 Å². The molecule has 1 saturated carbocycles. The van der Waals surface area contributed by atoms with Crippen molar-refractivity contribution >= 4 is 29.1 Å². The molecular formula is C14H23ClN4OS. The minimum absolute atomic E-state index is 0.227. The number of rotatable bonds is 7. The summed E-state index contributed by atoms with van der Waals surface area (Å²) in [4.78, 5) is 14.2. The standard InChI is InChI=1S/C14H23ClN4OS/c1-18(2)7-8-19-13(20)12(15)11(9-17-19)16-10-14(21-3)5-4-6-14/h9,16H,4-8,10H2,1-3H3. The Morgan fingerprint density at radius 1 is 1.52 bits per heavy atom. The van der Waals surface area contributed by atoms with E-state index in [4.69, 9.17) is 11.6 Å². The van der Waals surface area contributed by atoms with E-state index in [1.165, 1.54) is 23.9 Å². The van der Waals surface area contributed by atoms with E-state index in [9.17, 15) is 4.79 Å². The van der Waals surface area contributed by atoms with Gasteiger partial charge in [0.2, 0.25) is 0 Å². The molecule has 0 amide bonds. The van der Waals surface area contributed by atoms with Gasteiger partial charge in [-0.15, -0.1) is 0 Å². The van der Waals surface area contributed by atoms with Gasteiger partial charge in [0.25, 0.3) is 5.56 Å². The molecule has 1 heterocycles. The van der Waals surface area contributed by atoms with Crippen molar-refractivity contribution in [3.8, 4) is 0 Å². The lowest BCUT2D eigenvalue weighted by molar-refractivity contribution is 0.367. The maximum Gasteiger partial charge on any atom is 0.287 e. The highest BCUT2D eigenvalue weighted by molar-refractivity contribution is 8.00. The highest BCUT2D eigenvalue weighted by atomic mass is 35.5. The van der Waals surface area contributed by atoms with Gasteiger partial charge in [-0.3, -0.25) is 4.79 Å². The lowest BCUT2D eigenvalue weighted by atomic mass is 9.84. The molecular weight excluding hydrogens is 308 g/mol. The Kier molecular flexibility index (Phi) is 5.57. The largest absolute Gasteiger partial charge is 0.381 e. The van der Waals surface area contributed by atoms with Gasteiger partial charge in [0.1, 0.15) is 5.02 Å². The van der Waals surface area contributed by atoms with Gasteiger partial charge in [-0.2, -0.15) is 16.9 Å². The summed E-state index contributed by atoms with van der Waals surface area (Å²) in [5.41, 5.74) is 0.415. The predicted molar refractivity (Wildman–Crippen MR) is 90.6 cm³/mol. The van der Waals surface area contributed by atoms with Crippen LogP contribution in [0.15, 0.2) is 11.0 Å². The van der Waals surface area contributed by atoms with Crippen molar-refractivity contribution in [1.82, 2.24) is 14.7 Å². The van der Waals surface area contributed by atoms with Gasteiger partial charge in [0.15, 0.2) is 0 Å². The fourth-order valence-electron chi connectivity index (χ4n) is 2.32. The maximum absolute atomic E-state index is 12.2. The average Bonchev–Trinajstić information content (AvgIpc) is 2.41. The Hall–Kier alpha value is -0.720. The number of nitrogens with one attached hydrogen (secondary N) is 1. The number of likely N-dealkylation sites (N-methyl/N-ethyl adjacent to an activating group) is 1. The number of nitrogens with zero attached hydrogens (tertiary/aromatic N) is 3. The number of halogens is 1. The number of hydrogen-bond acceptors (Lipinski definition) is 5. The molecule has 0 saturated heterocycles. The minimum atomic E-state index is -0.227. The second kappa shape index (κ2) is 7.03. The van der Waals surface area contributed by atoms with E-state index in [0.29, 0.717) is 17.0 Å². The van der Waals surface area contributed by atoms with Gasteiger partial charge in [-0.05, 0) is 33.2 Å². The van der Waals surface area contributed by atoms with E-state index >= 15 is 0 Å². The lowest BCUT2D eigenvalue weighted by Crippen LogP contribution is -2.40. The molecule has 0 radical (unpaired) electrons. The van der Waals surface area contributed by atoms with E-state index in [2.05, 4.69) is 16.7 Å². The van der Waals surface area contributed by atoms with Crippen LogP contribution in [-0.2, 0) is 6.54 Å². The molecule has 118 valence electrons. The normalized spacial score (nSPS) is 16.8. The Morgan fingerprint density at radius 2 is 2.24 bits per heavy atom. The van der Waals surface area contributed by atoms with Gasteiger partial charge >= 0.3 is 0 Å². The summed E-state index contributed by atoms with van der Waals surface area (Å²) < 4.78 is 1.71. The van der Waals surface area contributed by atoms with Crippen LogP contribution in [0.2, 0.25) is 5.02 Å². The van der Waals surface area contributed by atoms with E-state index in [0.717, 1.165) is 13.1 Å². The number of anilines is 1. The van der Waals surface area contributed by atoms with E-state index < -0.39 is 0 Å². The van der Waals surface area contributed by atoms with E-state index in [1.807, 2.05) is 30.8 Å². The summed E-state index contributed by atoms with van der Waals surface area (Å²) in [5, 5.41) is 7.74. The number of hydrogen-bond donors (Lipinski definition) is 1. The first-order valence-electron chi connectivity index (χ1n) is 7.17. The first kappa shape index (κ1) is 16.6. The Labute approximate surface area is 135 Å². The molecule has 21 heavy (non-hydrogen) atoms. The summed E-state index contributed by atoms with van der Waals surface area (Å²) >= 11 is 8.08. The molecule has 0 bridgehead atoms. The van der Waals surface area contributed by atoms with Crippen LogP contribution in [0.1, 0.15) is 19.3 Å². The second-order valence-electron chi connectivity index (χ2n) is 5.80. The summed E-state index contributed by atoms with van der Waals surface area (Å²) in [6, 6.07) is 0. The van der Waals surface area contributed by atoms with Gasteiger partial charge in [0.05, 0.1) is 18.4 Å². The highest BCUT2D eigenvalue weighted by Crippen LogP contribution is 2.42. The fraction of sp³-hybridized carbons (Fsp3) is 0.714. The van der Waals surface area contributed by atoms with Crippen molar-refractivity contribution in [3.05, 3.63) is 21.6 Å². The molecule has 0 unspecified atom stereocenters. The van der Waals surface area contributed by atoms with Crippen molar-refractivity contribution in [3.63, 3.8) is 0 Å². The van der Waals surface area contributed by atoms with Crippen molar-refractivity contribution in [2.75, 3.05) is 38.8 Å². The van der Waals surface area contributed by atoms with Crippen molar-refractivity contribution in [1.29, 1.82) is 0 Å². The Morgan fingerprint density at radius 3 is 2.76 bits per heavy atom. The maximum atomic E-state index is 12.2. The molecule has 0 aliphatic heterocycles. The zero-order valence-electron chi connectivity index (χ0n) is 12.9. The van der Waals surface area contributed by atoms with Crippen LogP contribution in [0, 0.1) is 0 Å². The van der Waals surface area contributed by atoms with E-state index in [1.54, 1.807) is 6.20 Å². The lowest BCUT2D eigenvalue weighted by Gasteiger charge is -2.40. The molecule has 0 atom stereocenters. The minimum Gasteiger partial charge on any atom is -0.381 e. The first-order valence-corrected chi connectivity index (χ1v) is 8.77. The van der Waals surface area contributed by atoms with Crippen LogP contribution >= 0.6 is 23.4 Å². The Bertz CT molecular complexity index is 537. The van der Waals surface area contributed by atoms with Crippen molar-refractivity contribution in [2.24, 2.45) is 0 Å². The molecule has 1 aromatic heterocycles. The molecule has 2 rings (SSSR count). The molecule has 1 aromatic rings. The molecule has 1 fully saturated rings. The molecule has 0 spiro atoms. The second-order valence-corrected chi connectivity index (χ2v) is 7.45. The van der Waals surface area contributed by atoms with Gasteiger partial charge < -0.3 is 10.2 Å². The van der Waals surface area contributed by atoms with Crippen LogP contribution < -0.4 is 10.9 Å². The summed E-state index contributed by atoms with van der Waals surface area (Å²) in [6.45, 7) is 2.13. The van der Waals surface area contributed by atoms with Crippen LogP contribution in [0.3, 0.4) is 0 Å². The van der Waals surface area contributed by atoms with Gasteiger partial charge in [0, 0.05) is 17.8 Å². The number of thioether (sulfide) groups is 1. The third-order valence-corrected chi connectivity index (χ3v) is 5.83. The van der Waals surface area contributed by atoms with Crippen molar-refractivity contribution < 1.29 is 0 Å². The third kappa shape index (κ3) is 3.93. The molecule has 1 aliphatic carbocycles. The summed E-state index contributed by atoms with van der Waals surface area (Å²) in [7, 11) is 3.92. The molecule has 5 nitrogen and oxygen atoms in total. The molecule has 1 aliphatic rings. The zero-order valence-corrected chi connectivity index (χ0v) is 14.4. The van der Waals surface area contributed by atoms with Crippen molar-refractivity contribution in [2.45, 2.75) is 30.6 Å². The van der Waals surface area contributed by atoms with Crippen LogP contribution in [-0.4, -0.2) is 52.9 Å².